The first-order valence-corrected chi connectivity index (χ1v) is 15.4. The summed E-state index contributed by atoms with van der Waals surface area (Å²) >= 11 is -0.486. The van der Waals surface area contributed by atoms with Crippen LogP contribution in [-0.2, 0) is 0 Å². The summed E-state index contributed by atoms with van der Waals surface area (Å²) in [6.45, 7) is 4.24. The average Bonchev–Trinajstić information content (AvgIpc) is 2.35. The van der Waals surface area contributed by atoms with Crippen molar-refractivity contribution in [3.63, 3.8) is 0 Å². The van der Waals surface area contributed by atoms with E-state index in [1.165, 1.54) is 18.3 Å². The molecular formula is C14H13NO2Te2. The van der Waals surface area contributed by atoms with Gasteiger partial charge in [0.1, 0.15) is 0 Å². The van der Waals surface area contributed by atoms with Gasteiger partial charge in [0.25, 0.3) is 0 Å². The molecule has 3 nitrogen and oxygen atoms in total. The van der Waals surface area contributed by atoms with Gasteiger partial charge in [0, 0.05) is 0 Å². The molecule has 0 unspecified atom stereocenters. The van der Waals surface area contributed by atoms with Gasteiger partial charge in [-0.2, -0.15) is 0 Å². The molecule has 0 aliphatic heterocycles. The molecule has 0 heterocycles. The van der Waals surface area contributed by atoms with E-state index in [4.69, 9.17) is 0 Å². The molecule has 0 aliphatic carbocycles. The average molecular weight is 482 g/mol. The molecule has 98 valence electrons. The van der Waals surface area contributed by atoms with Crippen LogP contribution in [0.1, 0.15) is 11.1 Å². The first-order valence-electron chi connectivity index (χ1n) is 5.72. The fourth-order valence-corrected chi connectivity index (χ4v) is 12.0. The van der Waals surface area contributed by atoms with E-state index < -0.39 is 0 Å². The van der Waals surface area contributed by atoms with Crippen molar-refractivity contribution in [1.29, 1.82) is 0 Å². The molecule has 0 radical (unpaired) electrons. The topological polar surface area (TPSA) is 43.1 Å². The molecule has 19 heavy (non-hydrogen) atoms. The van der Waals surface area contributed by atoms with Gasteiger partial charge >= 0.3 is 130 Å². The van der Waals surface area contributed by atoms with Crippen LogP contribution >= 0.6 is 0 Å². The molecule has 0 spiro atoms. The molecule has 0 saturated heterocycles. The molecule has 0 amide bonds. The molecule has 0 N–H and O–H groups in total. The van der Waals surface area contributed by atoms with Gasteiger partial charge in [-0.15, -0.1) is 0 Å². The second-order valence-electron chi connectivity index (χ2n) is 4.24. The van der Waals surface area contributed by atoms with Crippen LogP contribution in [0.3, 0.4) is 0 Å². The summed E-state index contributed by atoms with van der Waals surface area (Å²) in [5.74, 6) is 0. The predicted molar refractivity (Wildman–Crippen MR) is 79.8 cm³/mol. The zero-order valence-corrected chi connectivity index (χ0v) is 15.3. The van der Waals surface area contributed by atoms with E-state index in [0.717, 1.165) is 0 Å². The second-order valence-corrected chi connectivity index (χ2v) is 14.3. The Morgan fingerprint density at radius 2 is 1.58 bits per heavy atom. The van der Waals surface area contributed by atoms with Crippen molar-refractivity contribution in [1.82, 2.24) is 0 Å². The summed E-state index contributed by atoms with van der Waals surface area (Å²) in [6, 6.07) is 13.8. The van der Waals surface area contributed by atoms with Gasteiger partial charge in [0.15, 0.2) is 0 Å². The van der Waals surface area contributed by atoms with Crippen molar-refractivity contribution < 1.29 is 4.92 Å². The Bertz CT molecular complexity index is 594. The molecule has 2 aromatic rings. The summed E-state index contributed by atoms with van der Waals surface area (Å²) in [6.07, 6.45) is 0. The molecule has 0 aliphatic rings. The number of nitro benzene ring substituents is 1. The SMILES string of the molecule is Cc1cc(C)cc([Te][Te]c2cccc([N+](=O)[O-])c2)c1. The van der Waals surface area contributed by atoms with Crippen molar-refractivity contribution in [3.8, 4) is 0 Å². The maximum absolute atomic E-state index is 10.7. The van der Waals surface area contributed by atoms with Gasteiger partial charge in [-0.1, -0.05) is 0 Å². The summed E-state index contributed by atoms with van der Waals surface area (Å²) in [4.78, 5) is 10.4. The zero-order chi connectivity index (χ0) is 13.8. The van der Waals surface area contributed by atoms with Crippen molar-refractivity contribution in [2.75, 3.05) is 0 Å². The summed E-state index contributed by atoms with van der Waals surface area (Å²) < 4.78 is 2.66. The number of rotatable bonds is 4. The Kier molecular flexibility index (Phi) is 5.25. The standard InChI is InChI=1S/C14H13NO2Te2/c1-10-6-11(2)8-14(7-10)19-18-13-5-3-4-12(9-13)15(16)17/h3-9H,1-2H3. The molecule has 0 fully saturated rings. The van der Waals surface area contributed by atoms with Gasteiger partial charge in [-0.05, 0) is 0 Å². The Labute approximate surface area is 128 Å². The van der Waals surface area contributed by atoms with E-state index in [-0.39, 0.29) is 44.7 Å². The third kappa shape index (κ3) is 4.48. The van der Waals surface area contributed by atoms with Crippen LogP contribution in [0.25, 0.3) is 0 Å². The van der Waals surface area contributed by atoms with Crippen LogP contribution in [0.5, 0.6) is 0 Å². The predicted octanol–water partition coefficient (Wildman–Crippen LogP) is 1.49. The number of hydrogen-bond donors (Lipinski definition) is 0. The molecule has 2 rings (SSSR count). The normalized spacial score (nSPS) is 10.4. The van der Waals surface area contributed by atoms with Crippen LogP contribution in [0.4, 0.5) is 5.69 Å². The molecule has 5 heteroatoms. The minimum absolute atomic E-state index is 0.201. The molecule has 0 saturated carbocycles. The minimum atomic E-state index is -0.312. The van der Waals surface area contributed by atoms with Gasteiger partial charge in [0.05, 0.1) is 0 Å². The van der Waals surface area contributed by atoms with Crippen LogP contribution in [0.15, 0.2) is 42.5 Å². The fraction of sp³-hybridized carbons (Fsp3) is 0.143. The number of benzene rings is 2. The molecule has 0 aromatic heterocycles. The van der Waals surface area contributed by atoms with Crippen molar-refractivity contribution >= 4 is 47.0 Å². The first-order chi connectivity index (χ1) is 9.04. The molecule has 0 bridgehead atoms. The van der Waals surface area contributed by atoms with Crippen molar-refractivity contribution in [2.24, 2.45) is 0 Å². The second kappa shape index (κ2) is 6.73. The van der Waals surface area contributed by atoms with E-state index in [0.29, 0.717) is 0 Å². The Hall–Kier alpha value is -0.581. The van der Waals surface area contributed by atoms with Crippen LogP contribution in [-0.4, -0.2) is 39.0 Å². The van der Waals surface area contributed by atoms with E-state index in [2.05, 4.69) is 32.0 Å². The fourth-order valence-electron chi connectivity index (χ4n) is 1.73. The maximum atomic E-state index is 10.7. The van der Waals surface area contributed by atoms with E-state index in [1.54, 1.807) is 18.2 Å². The first kappa shape index (κ1) is 14.8. The number of non-ortho nitro benzene ring substituents is 1. The van der Waals surface area contributed by atoms with Gasteiger partial charge < -0.3 is 0 Å². The zero-order valence-electron chi connectivity index (χ0n) is 10.6. The number of nitrogens with zero attached hydrogens (tertiary/aromatic N) is 1. The van der Waals surface area contributed by atoms with Crippen LogP contribution < -0.4 is 7.22 Å². The van der Waals surface area contributed by atoms with E-state index in [9.17, 15) is 10.1 Å². The van der Waals surface area contributed by atoms with Crippen LogP contribution in [0.2, 0.25) is 0 Å². The number of aryl methyl sites for hydroxylation is 2. The Morgan fingerprint density at radius 3 is 2.21 bits per heavy atom. The monoisotopic (exact) mass is 487 g/mol. The van der Waals surface area contributed by atoms with Gasteiger partial charge in [0.2, 0.25) is 0 Å². The molecule has 2 aromatic carbocycles. The van der Waals surface area contributed by atoms with Crippen molar-refractivity contribution in [3.05, 3.63) is 63.7 Å². The Balaban J connectivity index is 2.10. The van der Waals surface area contributed by atoms with Crippen molar-refractivity contribution in [2.45, 2.75) is 13.8 Å². The van der Waals surface area contributed by atoms with Gasteiger partial charge in [-0.3, -0.25) is 0 Å². The summed E-state index contributed by atoms with van der Waals surface area (Å²) in [5.41, 5.74) is 2.84. The number of nitro groups is 1. The molecular weight excluding hydrogens is 469 g/mol. The Morgan fingerprint density at radius 1 is 0.947 bits per heavy atom. The van der Waals surface area contributed by atoms with E-state index >= 15 is 0 Å². The third-order valence-electron chi connectivity index (χ3n) is 2.46. The molecule has 0 atom stereocenters. The summed E-state index contributed by atoms with van der Waals surface area (Å²) in [5, 5.41) is 10.7. The van der Waals surface area contributed by atoms with Crippen LogP contribution in [0, 0.1) is 24.0 Å². The third-order valence-corrected chi connectivity index (χ3v) is 14.2. The van der Waals surface area contributed by atoms with Gasteiger partial charge in [-0.25, -0.2) is 0 Å². The number of hydrogen-bond acceptors (Lipinski definition) is 2. The summed E-state index contributed by atoms with van der Waals surface area (Å²) in [7, 11) is 0. The van der Waals surface area contributed by atoms with E-state index in [1.807, 2.05) is 6.07 Å². The quantitative estimate of drug-likeness (QED) is 0.377.